The van der Waals surface area contributed by atoms with Crippen molar-refractivity contribution in [3.63, 3.8) is 0 Å². The number of rotatable bonds is 6. The fourth-order valence-corrected chi connectivity index (χ4v) is 1.86. The molecule has 1 unspecified atom stereocenters. The summed E-state index contributed by atoms with van der Waals surface area (Å²) in [6.45, 7) is 4.19. The van der Waals surface area contributed by atoms with Crippen molar-refractivity contribution in [3.05, 3.63) is 35.4 Å². The number of carbonyl (C=O) groups is 1. The van der Waals surface area contributed by atoms with Crippen LogP contribution in [0.3, 0.4) is 0 Å². The third-order valence-electron chi connectivity index (χ3n) is 2.84. The number of amides is 1. The second-order valence-corrected chi connectivity index (χ2v) is 4.33. The third kappa shape index (κ3) is 4.57. The molecule has 0 aliphatic rings. The van der Waals surface area contributed by atoms with E-state index < -0.39 is 0 Å². The van der Waals surface area contributed by atoms with Gasteiger partial charge in [-0.3, -0.25) is 4.79 Å². The fraction of sp³-hybridized carbons (Fsp3) is 0.500. The van der Waals surface area contributed by atoms with Crippen molar-refractivity contribution < 1.29 is 9.90 Å². The van der Waals surface area contributed by atoms with Crippen LogP contribution in [-0.4, -0.2) is 17.6 Å². The Balaban J connectivity index is 2.46. The van der Waals surface area contributed by atoms with Gasteiger partial charge in [-0.05, 0) is 37.8 Å². The highest BCUT2D eigenvalue weighted by atomic mass is 16.2. The predicted molar refractivity (Wildman–Crippen MR) is 68.7 cm³/mol. The molecule has 1 atom stereocenters. The molecular weight excluding hydrogens is 214 g/mol. The van der Waals surface area contributed by atoms with E-state index in [-0.39, 0.29) is 18.6 Å². The van der Waals surface area contributed by atoms with E-state index >= 15 is 0 Å². The van der Waals surface area contributed by atoms with Gasteiger partial charge in [0.05, 0.1) is 6.04 Å². The van der Waals surface area contributed by atoms with Gasteiger partial charge in [-0.2, -0.15) is 0 Å². The average Bonchev–Trinajstić information content (AvgIpc) is 2.29. The van der Waals surface area contributed by atoms with Gasteiger partial charge in [-0.15, -0.1) is 0 Å². The van der Waals surface area contributed by atoms with E-state index in [0.29, 0.717) is 12.8 Å². The number of aryl methyl sites for hydroxylation is 1. The maximum Gasteiger partial charge on any atom is 0.220 e. The molecule has 0 aliphatic carbocycles. The monoisotopic (exact) mass is 235 g/mol. The summed E-state index contributed by atoms with van der Waals surface area (Å²) in [4.78, 5) is 11.6. The van der Waals surface area contributed by atoms with Gasteiger partial charge in [0.25, 0.3) is 0 Å². The van der Waals surface area contributed by atoms with Gasteiger partial charge < -0.3 is 10.4 Å². The summed E-state index contributed by atoms with van der Waals surface area (Å²) in [5, 5.41) is 11.6. The van der Waals surface area contributed by atoms with Crippen molar-refractivity contribution in [2.24, 2.45) is 0 Å². The van der Waals surface area contributed by atoms with Crippen LogP contribution in [0.2, 0.25) is 0 Å². The van der Waals surface area contributed by atoms with Crippen LogP contribution in [0.1, 0.15) is 43.4 Å². The van der Waals surface area contributed by atoms with Crippen LogP contribution < -0.4 is 5.32 Å². The number of hydrogen-bond donors (Lipinski definition) is 2. The number of carbonyl (C=O) groups excluding carboxylic acids is 1. The summed E-state index contributed by atoms with van der Waals surface area (Å²) in [7, 11) is 0. The first-order valence-corrected chi connectivity index (χ1v) is 6.11. The van der Waals surface area contributed by atoms with Crippen molar-refractivity contribution >= 4 is 5.91 Å². The molecule has 94 valence electrons. The minimum Gasteiger partial charge on any atom is -0.396 e. The van der Waals surface area contributed by atoms with Crippen molar-refractivity contribution in [2.75, 3.05) is 6.61 Å². The molecule has 0 spiro atoms. The van der Waals surface area contributed by atoms with Crippen LogP contribution in [0.25, 0.3) is 0 Å². The van der Waals surface area contributed by atoms with E-state index in [2.05, 4.69) is 5.32 Å². The summed E-state index contributed by atoms with van der Waals surface area (Å²) in [5.41, 5.74) is 2.35. The van der Waals surface area contributed by atoms with Gasteiger partial charge in [0, 0.05) is 13.0 Å². The second-order valence-electron chi connectivity index (χ2n) is 4.33. The van der Waals surface area contributed by atoms with Crippen LogP contribution >= 0.6 is 0 Å². The van der Waals surface area contributed by atoms with Crippen LogP contribution in [0.5, 0.6) is 0 Å². The highest BCUT2D eigenvalue weighted by Gasteiger charge is 2.10. The molecule has 17 heavy (non-hydrogen) atoms. The Labute approximate surface area is 103 Å². The zero-order chi connectivity index (χ0) is 12.7. The van der Waals surface area contributed by atoms with Crippen LogP contribution in [0.15, 0.2) is 24.3 Å². The van der Waals surface area contributed by atoms with E-state index in [9.17, 15) is 4.79 Å². The number of benzene rings is 1. The first-order valence-electron chi connectivity index (χ1n) is 6.11. The highest BCUT2D eigenvalue weighted by molar-refractivity contribution is 5.76. The van der Waals surface area contributed by atoms with Gasteiger partial charge in [0.15, 0.2) is 0 Å². The van der Waals surface area contributed by atoms with Crippen molar-refractivity contribution in [3.8, 4) is 0 Å². The van der Waals surface area contributed by atoms with Gasteiger partial charge in [-0.25, -0.2) is 0 Å². The molecule has 1 amide bonds. The third-order valence-corrected chi connectivity index (χ3v) is 2.84. The molecule has 0 fully saturated rings. The Morgan fingerprint density at radius 2 is 2.06 bits per heavy atom. The Hall–Kier alpha value is -1.35. The van der Waals surface area contributed by atoms with Crippen molar-refractivity contribution in [1.29, 1.82) is 0 Å². The van der Waals surface area contributed by atoms with E-state index in [0.717, 1.165) is 12.0 Å². The zero-order valence-corrected chi connectivity index (χ0v) is 10.6. The Morgan fingerprint density at radius 1 is 1.35 bits per heavy atom. The van der Waals surface area contributed by atoms with Crippen LogP contribution in [0.4, 0.5) is 0 Å². The largest absolute Gasteiger partial charge is 0.396 e. The summed E-state index contributed by atoms with van der Waals surface area (Å²) >= 11 is 0. The molecule has 1 aromatic rings. The first-order chi connectivity index (χ1) is 8.15. The molecule has 1 aromatic carbocycles. The van der Waals surface area contributed by atoms with E-state index in [1.54, 1.807) is 0 Å². The topological polar surface area (TPSA) is 49.3 Å². The van der Waals surface area contributed by atoms with E-state index in [4.69, 9.17) is 5.11 Å². The molecule has 2 N–H and O–H groups in total. The number of aliphatic hydroxyl groups is 1. The maximum absolute atomic E-state index is 11.6. The van der Waals surface area contributed by atoms with E-state index in [1.165, 1.54) is 5.56 Å². The molecule has 0 bridgehead atoms. The smallest absolute Gasteiger partial charge is 0.220 e. The molecule has 0 aliphatic heterocycles. The summed E-state index contributed by atoms with van der Waals surface area (Å²) in [5.74, 6) is 0.0502. The molecule has 1 rings (SSSR count). The van der Waals surface area contributed by atoms with Crippen molar-refractivity contribution in [2.45, 2.75) is 39.2 Å². The second kappa shape index (κ2) is 7.07. The van der Waals surface area contributed by atoms with Crippen LogP contribution in [-0.2, 0) is 4.79 Å². The van der Waals surface area contributed by atoms with Gasteiger partial charge >= 0.3 is 0 Å². The highest BCUT2D eigenvalue weighted by Crippen LogP contribution is 2.16. The summed E-state index contributed by atoms with van der Waals surface area (Å²) < 4.78 is 0. The molecule has 0 saturated carbocycles. The van der Waals surface area contributed by atoms with Gasteiger partial charge in [0.1, 0.15) is 0 Å². The lowest BCUT2D eigenvalue weighted by Gasteiger charge is -2.16. The molecule has 3 nitrogen and oxygen atoms in total. The predicted octanol–water partition coefficient (Wildman–Crippen LogP) is 2.33. The summed E-state index contributed by atoms with van der Waals surface area (Å²) in [6.07, 6.45) is 1.91. The standard InChI is InChI=1S/C14H21NO2/c1-11-7-3-4-8-13(11)12(2)15-14(17)9-5-6-10-16/h3-4,7-8,12,16H,5-6,9-10H2,1-2H3,(H,15,17). The molecule has 0 aromatic heterocycles. The van der Waals surface area contributed by atoms with Crippen LogP contribution in [0, 0.1) is 6.92 Å². The molecule has 0 heterocycles. The Morgan fingerprint density at radius 3 is 2.71 bits per heavy atom. The molecular formula is C14H21NO2. The Bertz CT molecular complexity index is 363. The molecule has 3 heteroatoms. The van der Waals surface area contributed by atoms with Gasteiger partial charge in [0.2, 0.25) is 5.91 Å². The molecule has 0 radical (unpaired) electrons. The summed E-state index contributed by atoms with van der Waals surface area (Å²) in [6, 6.07) is 8.10. The average molecular weight is 235 g/mol. The minimum absolute atomic E-state index is 0.0397. The van der Waals surface area contributed by atoms with E-state index in [1.807, 2.05) is 38.1 Å². The minimum atomic E-state index is 0.0397. The lowest BCUT2D eigenvalue weighted by atomic mass is 10.0. The lowest BCUT2D eigenvalue weighted by Crippen LogP contribution is -2.26. The Kier molecular flexibility index (Phi) is 5.70. The first kappa shape index (κ1) is 13.7. The normalized spacial score (nSPS) is 12.2. The lowest BCUT2D eigenvalue weighted by molar-refractivity contribution is -0.121. The zero-order valence-electron chi connectivity index (χ0n) is 10.6. The molecule has 0 saturated heterocycles. The SMILES string of the molecule is Cc1ccccc1C(C)NC(=O)CCCCO. The van der Waals surface area contributed by atoms with Gasteiger partial charge in [-0.1, -0.05) is 24.3 Å². The maximum atomic E-state index is 11.6. The van der Waals surface area contributed by atoms with Crippen molar-refractivity contribution in [1.82, 2.24) is 5.32 Å². The number of nitrogens with one attached hydrogen (secondary N) is 1. The quantitative estimate of drug-likeness (QED) is 0.743. The number of hydrogen-bond acceptors (Lipinski definition) is 2. The number of aliphatic hydroxyl groups excluding tert-OH is 1. The fourth-order valence-electron chi connectivity index (χ4n) is 1.86. The number of unbranched alkanes of at least 4 members (excludes halogenated alkanes) is 1.